The normalized spacial score (nSPS) is 17.6. The molecule has 0 spiro atoms. The number of thiophene rings is 1. The highest BCUT2D eigenvalue weighted by molar-refractivity contribution is 7.10. The van der Waals surface area contributed by atoms with E-state index in [1.165, 1.54) is 0 Å². The Bertz CT molecular complexity index is 563. The number of amides is 1. The third kappa shape index (κ3) is 2.46. The molecule has 0 aromatic carbocycles. The molecule has 0 unspecified atom stereocenters. The summed E-state index contributed by atoms with van der Waals surface area (Å²) in [6, 6.07) is 7.71. The first kappa shape index (κ1) is 13.3. The Labute approximate surface area is 121 Å². The largest absolute Gasteiger partial charge is 0.381 e. The fraction of sp³-hybridized carbons (Fsp3) is 0.333. The van der Waals surface area contributed by atoms with Crippen LogP contribution in [0, 0.1) is 0 Å². The second kappa shape index (κ2) is 5.73. The summed E-state index contributed by atoms with van der Waals surface area (Å²) in [5.41, 5.74) is 0.266. The van der Waals surface area contributed by atoms with Crippen molar-refractivity contribution < 1.29 is 9.53 Å². The summed E-state index contributed by atoms with van der Waals surface area (Å²) in [6.45, 7) is 1.25. The molecule has 2 aromatic rings. The van der Waals surface area contributed by atoms with Crippen LogP contribution in [0.3, 0.4) is 0 Å². The van der Waals surface area contributed by atoms with Crippen molar-refractivity contribution >= 4 is 22.9 Å². The van der Waals surface area contributed by atoms with Crippen molar-refractivity contribution in [3.05, 3.63) is 46.9 Å². The van der Waals surface area contributed by atoms with Crippen LogP contribution in [0.4, 0.5) is 5.69 Å². The van der Waals surface area contributed by atoms with Gasteiger partial charge in [-0.15, -0.1) is 11.3 Å². The summed E-state index contributed by atoms with van der Waals surface area (Å²) in [4.78, 5) is 17.9. The van der Waals surface area contributed by atoms with Gasteiger partial charge in [-0.05, 0) is 36.4 Å². The van der Waals surface area contributed by atoms with Gasteiger partial charge in [0.1, 0.15) is 0 Å². The lowest BCUT2D eigenvalue weighted by Crippen LogP contribution is -2.44. The Balaban J connectivity index is 1.88. The first-order valence-corrected chi connectivity index (χ1v) is 7.52. The van der Waals surface area contributed by atoms with E-state index in [-0.39, 0.29) is 5.91 Å². The van der Waals surface area contributed by atoms with Gasteiger partial charge in [-0.3, -0.25) is 9.78 Å². The first-order chi connectivity index (χ1) is 9.81. The number of carbonyl (C=O) groups is 1. The van der Waals surface area contributed by atoms with Gasteiger partial charge in [0, 0.05) is 24.3 Å². The molecule has 0 aliphatic carbocycles. The minimum atomic E-state index is -0.470. The van der Waals surface area contributed by atoms with Crippen molar-refractivity contribution in [3.63, 3.8) is 0 Å². The van der Waals surface area contributed by atoms with Crippen molar-refractivity contribution in [2.24, 2.45) is 0 Å². The predicted molar refractivity (Wildman–Crippen MR) is 78.9 cm³/mol. The highest BCUT2D eigenvalue weighted by Gasteiger charge is 2.42. The fourth-order valence-corrected chi connectivity index (χ4v) is 3.53. The van der Waals surface area contributed by atoms with E-state index in [9.17, 15) is 4.79 Å². The van der Waals surface area contributed by atoms with Crippen molar-refractivity contribution in [1.82, 2.24) is 4.98 Å². The molecule has 1 saturated heterocycles. The van der Waals surface area contributed by atoms with Crippen LogP contribution < -0.4 is 5.32 Å². The minimum absolute atomic E-state index is 0.0382. The van der Waals surface area contributed by atoms with Crippen LogP contribution in [0.2, 0.25) is 0 Å². The maximum atomic E-state index is 12.8. The summed E-state index contributed by atoms with van der Waals surface area (Å²) in [7, 11) is 0. The van der Waals surface area contributed by atoms with Gasteiger partial charge in [0.25, 0.3) is 0 Å². The van der Waals surface area contributed by atoms with Gasteiger partial charge in [-0.2, -0.15) is 0 Å². The monoisotopic (exact) mass is 288 g/mol. The van der Waals surface area contributed by atoms with E-state index in [0.717, 1.165) is 23.4 Å². The molecule has 1 aliphatic rings. The van der Waals surface area contributed by atoms with Crippen molar-refractivity contribution in [2.75, 3.05) is 18.5 Å². The van der Waals surface area contributed by atoms with Crippen molar-refractivity contribution in [2.45, 2.75) is 18.3 Å². The number of nitrogens with zero attached hydrogens (tertiary/aromatic N) is 1. The second-order valence-corrected chi connectivity index (χ2v) is 5.82. The van der Waals surface area contributed by atoms with Gasteiger partial charge in [0.05, 0.1) is 17.3 Å². The zero-order chi connectivity index (χ0) is 13.8. The van der Waals surface area contributed by atoms with E-state index in [4.69, 9.17) is 4.74 Å². The molecule has 104 valence electrons. The van der Waals surface area contributed by atoms with E-state index in [1.807, 2.05) is 29.6 Å². The van der Waals surface area contributed by atoms with E-state index in [0.29, 0.717) is 13.2 Å². The topological polar surface area (TPSA) is 51.2 Å². The molecule has 1 aliphatic heterocycles. The van der Waals surface area contributed by atoms with Crippen LogP contribution in [0.5, 0.6) is 0 Å². The zero-order valence-electron chi connectivity index (χ0n) is 11.0. The number of anilines is 1. The molecular weight excluding hydrogens is 272 g/mol. The minimum Gasteiger partial charge on any atom is -0.381 e. The van der Waals surface area contributed by atoms with E-state index >= 15 is 0 Å². The summed E-state index contributed by atoms with van der Waals surface area (Å²) in [5.74, 6) is 0.0382. The maximum Gasteiger partial charge on any atom is 0.236 e. The average Bonchev–Trinajstić information content (AvgIpc) is 3.04. The molecule has 0 saturated carbocycles. The van der Waals surface area contributed by atoms with Crippen LogP contribution >= 0.6 is 11.3 Å². The standard InChI is InChI=1S/C15H16N2O2S/c18-14(17-12-3-1-7-16-11-12)15(5-8-19-9-6-15)13-4-2-10-20-13/h1-4,7,10-11H,5-6,8-9H2,(H,17,18). The molecule has 1 N–H and O–H groups in total. The molecule has 0 atom stereocenters. The molecule has 4 nitrogen and oxygen atoms in total. The SMILES string of the molecule is O=C(Nc1cccnc1)C1(c2cccs2)CCOCC1. The summed E-state index contributed by atoms with van der Waals surface area (Å²) < 4.78 is 5.44. The zero-order valence-corrected chi connectivity index (χ0v) is 11.9. The number of pyridine rings is 1. The van der Waals surface area contributed by atoms with Crippen LogP contribution in [-0.4, -0.2) is 24.1 Å². The molecule has 2 aromatic heterocycles. The smallest absolute Gasteiger partial charge is 0.236 e. The molecule has 20 heavy (non-hydrogen) atoms. The summed E-state index contributed by atoms with van der Waals surface area (Å²) in [6.07, 6.45) is 4.80. The Morgan fingerprint density at radius 2 is 2.15 bits per heavy atom. The van der Waals surface area contributed by atoms with Crippen LogP contribution in [0.25, 0.3) is 0 Å². The van der Waals surface area contributed by atoms with Crippen LogP contribution in [-0.2, 0) is 14.9 Å². The van der Waals surface area contributed by atoms with Crippen LogP contribution in [0.1, 0.15) is 17.7 Å². The second-order valence-electron chi connectivity index (χ2n) is 4.87. The Morgan fingerprint density at radius 3 is 2.80 bits per heavy atom. The van der Waals surface area contributed by atoms with Crippen molar-refractivity contribution in [3.8, 4) is 0 Å². The number of hydrogen-bond donors (Lipinski definition) is 1. The van der Waals surface area contributed by atoms with Gasteiger partial charge in [-0.25, -0.2) is 0 Å². The number of ether oxygens (including phenoxy) is 1. The number of rotatable bonds is 3. The first-order valence-electron chi connectivity index (χ1n) is 6.64. The maximum absolute atomic E-state index is 12.8. The molecule has 3 heterocycles. The van der Waals surface area contributed by atoms with Gasteiger partial charge in [-0.1, -0.05) is 6.07 Å². The number of carbonyl (C=O) groups excluding carboxylic acids is 1. The molecule has 1 amide bonds. The van der Waals surface area contributed by atoms with Crippen molar-refractivity contribution in [1.29, 1.82) is 0 Å². The predicted octanol–water partition coefficient (Wildman–Crippen LogP) is 2.83. The fourth-order valence-electron chi connectivity index (χ4n) is 2.54. The Kier molecular flexibility index (Phi) is 3.80. The van der Waals surface area contributed by atoms with Gasteiger partial charge in [0.2, 0.25) is 5.91 Å². The lowest BCUT2D eigenvalue weighted by atomic mass is 9.78. The quantitative estimate of drug-likeness (QED) is 0.945. The summed E-state index contributed by atoms with van der Waals surface area (Å²) in [5, 5.41) is 5.01. The van der Waals surface area contributed by atoms with Crippen LogP contribution in [0.15, 0.2) is 42.0 Å². The Hall–Kier alpha value is -1.72. The molecule has 0 radical (unpaired) electrons. The number of aromatic nitrogens is 1. The molecular formula is C15H16N2O2S. The molecule has 0 bridgehead atoms. The van der Waals surface area contributed by atoms with E-state index in [1.54, 1.807) is 23.7 Å². The highest BCUT2D eigenvalue weighted by Crippen LogP contribution is 2.38. The van der Waals surface area contributed by atoms with Gasteiger partial charge >= 0.3 is 0 Å². The van der Waals surface area contributed by atoms with E-state index in [2.05, 4.69) is 10.3 Å². The van der Waals surface area contributed by atoms with Gasteiger partial charge < -0.3 is 10.1 Å². The molecule has 3 rings (SSSR count). The summed E-state index contributed by atoms with van der Waals surface area (Å²) >= 11 is 1.64. The highest BCUT2D eigenvalue weighted by atomic mass is 32.1. The van der Waals surface area contributed by atoms with Gasteiger partial charge in [0.15, 0.2) is 0 Å². The number of nitrogens with one attached hydrogen (secondary N) is 1. The third-order valence-corrected chi connectivity index (χ3v) is 4.77. The average molecular weight is 288 g/mol. The molecule has 1 fully saturated rings. The Morgan fingerprint density at radius 1 is 1.30 bits per heavy atom. The molecule has 5 heteroatoms. The lowest BCUT2D eigenvalue weighted by molar-refractivity contribution is -0.125. The third-order valence-electron chi connectivity index (χ3n) is 3.69. The number of hydrogen-bond acceptors (Lipinski definition) is 4. The van der Waals surface area contributed by atoms with E-state index < -0.39 is 5.41 Å². The lowest BCUT2D eigenvalue weighted by Gasteiger charge is -2.34.